The van der Waals surface area contributed by atoms with Gasteiger partial charge in [-0.1, -0.05) is 36.4 Å². The number of aliphatic hydroxyl groups is 1. The average Bonchev–Trinajstić information content (AvgIpc) is 2.74. The third-order valence-electron chi connectivity index (χ3n) is 4.70. The highest BCUT2D eigenvalue weighted by atomic mass is 16.7. The van der Waals surface area contributed by atoms with Crippen molar-refractivity contribution in [1.29, 1.82) is 0 Å². The summed E-state index contributed by atoms with van der Waals surface area (Å²) in [4.78, 5) is 8.68. The zero-order valence-electron chi connectivity index (χ0n) is 14.9. The van der Waals surface area contributed by atoms with E-state index in [0.717, 1.165) is 5.56 Å². The van der Waals surface area contributed by atoms with Crippen LogP contribution in [0.2, 0.25) is 0 Å². The van der Waals surface area contributed by atoms with Crippen molar-refractivity contribution in [3.63, 3.8) is 0 Å². The minimum Gasteiger partial charge on any atom is -0.388 e. The van der Waals surface area contributed by atoms with Crippen molar-refractivity contribution in [3.8, 4) is 0 Å². The molecule has 142 valence electrons. The van der Waals surface area contributed by atoms with Gasteiger partial charge in [-0.15, -0.1) is 0 Å². The van der Waals surface area contributed by atoms with E-state index in [9.17, 15) is 5.11 Å². The highest BCUT2D eigenvalue weighted by Gasteiger charge is 2.49. The number of benzene rings is 1. The maximum atomic E-state index is 10.9. The molecule has 2 aromatic rings. The number of aromatic nitrogens is 1. The summed E-state index contributed by atoms with van der Waals surface area (Å²) in [6, 6.07) is 14.5. The number of aliphatic imine (C=N–C) groups is 1. The van der Waals surface area contributed by atoms with Crippen molar-refractivity contribution < 1.29 is 24.1 Å². The molecule has 1 unspecified atom stereocenters. The lowest BCUT2D eigenvalue weighted by molar-refractivity contribution is -0.338. The lowest BCUT2D eigenvalue weighted by atomic mass is 9.96. The average molecular weight is 370 g/mol. The number of fused-ring (bicyclic) bond motifs is 1. The molecular weight excluding hydrogens is 348 g/mol. The summed E-state index contributed by atoms with van der Waals surface area (Å²) in [7, 11) is 1.53. The number of ether oxygens (including phenoxy) is 4. The summed E-state index contributed by atoms with van der Waals surface area (Å²) in [5, 5.41) is 10.9. The summed E-state index contributed by atoms with van der Waals surface area (Å²) in [6.07, 6.45) is 0.158. The monoisotopic (exact) mass is 370 g/mol. The molecule has 27 heavy (non-hydrogen) atoms. The van der Waals surface area contributed by atoms with Gasteiger partial charge in [0.2, 0.25) is 0 Å². The van der Waals surface area contributed by atoms with Gasteiger partial charge >= 0.3 is 0 Å². The van der Waals surface area contributed by atoms with Gasteiger partial charge < -0.3 is 24.1 Å². The van der Waals surface area contributed by atoms with Gasteiger partial charge in [-0.25, -0.2) is 0 Å². The first-order chi connectivity index (χ1) is 13.3. The van der Waals surface area contributed by atoms with Gasteiger partial charge in [0, 0.05) is 25.1 Å². The van der Waals surface area contributed by atoms with Gasteiger partial charge in [0.05, 0.1) is 12.3 Å². The van der Waals surface area contributed by atoms with E-state index >= 15 is 0 Å². The molecule has 7 nitrogen and oxygen atoms in total. The maximum absolute atomic E-state index is 10.9. The Balaban J connectivity index is 1.52. The lowest BCUT2D eigenvalue weighted by Gasteiger charge is -2.46. The van der Waals surface area contributed by atoms with Crippen LogP contribution in [0.25, 0.3) is 0 Å². The molecule has 0 saturated carbocycles. The van der Waals surface area contributed by atoms with Crippen molar-refractivity contribution in [2.45, 2.75) is 36.9 Å². The molecule has 3 heterocycles. The summed E-state index contributed by atoms with van der Waals surface area (Å²) in [5.41, 5.74) is 1.59. The predicted molar refractivity (Wildman–Crippen MR) is 97.3 cm³/mol. The maximum Gasteiger partial charge on any atom is 0.184 e. The summed E-state index contributed by atoms with van der Waals surface area (Å²) >= 11 is 0. The Labute approximate surface area is 157 Å². The third-order valence-corrected chi connectivity index (χ3v) is 4.70. The fourth-order valence-electron chi connectivity index (χ4n) is 3.33. The molecule has 4 rings (SSSR count). The van der Waals surface area contributed by atoms with E-state index in [1.165, 1.54) is 7.11 Å². The highest BCUT2D eigenvalue weighted by Crippen LogP contribution is 2.35. The summed E-state index contributed by atoms with van der Waals surface area (Å²) in [5.74, 6) is 0. The second-order valence-electron chi connectivity index (χ2n) is 6.47. The lowest BCUT2D eigenvalue weighted by Crippen LogP contribution is -2.61. The van der Waals surface area contributed by atoms with Gasteiger partial charge in [0.15, 0.2) is 12.6 Å². The van der Waals surface area contributed by atoms with Crippen LogP contribution in [-0.2, 0) is 18.9 Å². The second-order valence-corrected chi connectivity index (χ2v) is 6.47. The molecule has 2 aliphatic rings. The summed E-state index contributed by atoms with van der Waals surface area (Å²) < 4.78 is 23.1. The number of hydrogen-bond acceptors (Lipinski definition) is 7. The Morgan fingerprint density at radius 3 is 2.70 bits per heavy atom. The highest BCUT2D eigenvalue weighted by molar-refractivity contribution is 5.76. The van der Waals surface area contributed by atoms with Crippen molar-refractivity contribution in [2.24, 2.45) is 4.99 Å². The van der Waals surface area contributed by atoms with Gasteiger partial charge in [0.1, 0.15) is 24.4 Å². The largest absolute Gasteiger partial charge is 0.388 e. The van der Waals surface area contributed by atoms with Crippen molar-refractivity contribution in [1.82, 2.24) is 4.98 Å². The van der Waals surface area contributed by atoms with E-state index in [4.69, 9.17) is 18.9 Å². The second kappa shape index (κ2) is 8.24. The standard InChI is InChI=1S/C20H22N2O5/c1-24-20-16(22-11-14-9-5-6-10-21-14)17(23)18-15(26-20)12-25-19(27-18)13-7-3-2-4-8-13/h2-11,15-20,23H,12H2,1H3/t15-,16+,17+,18-,19?,20+/m1/s1. The zero-order valence-corrected chi connectivity index (χ0v) is 14.9. The molecule has 0 aliphatic carbocycles. The van der Waals surface area contributed by atoms with Crippen molar-refractivity contribution in [3.05, 3.63) is 66.0 Å². The van der Waals surface area contributed by atoms with Crippen LogP contribution in [0.3, 0.4) is 0 Å². The van der Waals surface area contributed by atoms with Crippen molar-refractivity contribution >= 4 is 6.21 Å². The Hall–Kier alpha value is -2.16. The van der Waals surface area contributed by atoms with Gasteiger partial charge in [-0.2, -0.15) is 0 Å². The van der Waals surface area contributed by atoms with Crippen LogP contribution in [0.4, 0.5) is 0 Å². The first-order valence-electron chi connectivity index (χ1n) is 8.89. The topological polar surface area (TPSA) is 82.4 Å². The Kier molecular flexibility index (Phi) is 5.56. The molecule has 1 aromatic carbocycles. The minimum atomic E-state index is -0.899. The van der Waals surface area contributed by atoms with E-state index in [-0.39, 0.29) is 0 Å². The number of aliphatic hydroxyl groups excluding tert-OH is 1. The van der Waals surface area contributed by atoms with E-state index in [1.807, 2.05) is 48.5 Å². The molecular formula is C20H22N2O5. The van der Waals surface area contributed by atoms with E-state index in [0.29, 0.717) is 12.3 Å². The molecule has 2 aliphatic heterocycles. The predicted octanol–water partition coefficient (Wildman–Crippen LogP) is 1.72. The van der Waals surface area contributed by atoms with Crippen LogP contribution in [0.5, 0.6) is 0 Å². The fourth-order valence-corrected chi connectivity index (χ4v) is 3.33. The molecule has 0 amide bonds. The van der Waals surface area contributed by atoms with Crippen LogP contribution in [0.1, 0.15) is 17.5 Å². The fraction of sp³-hybridized carbons (Fsp3) is 0.400. The first kappa shape index (κ1) is 18.2. The van der Waals surface area contributed by atoms with Gasteiger partial charge in [-0.3, -0.25) is 9.98 Å². The molecule has 2 saturated heterocycles. The molecule has 2 fully saturated rings. The van der Waals surface area contributed by atoms with Crippen LogP contribution in [0, 0.1) is 0 Å². The Morgan fingerprint density at radius 2 is 1.96 bits per heavy atom. The normalized spacial score (nSPS) is 33.7. The van der Waals surface area contributed by atoms with Gasteiger partial charge in [0.25, 0.3) is 0 Å². The Morgan fingerprint density at radius 1 is 1.15 bits per heavy atom. The smallest absolute Gasteiger partial charge is 0.184 e. The molecule has 0 bridgehead atoms. The molecule has 1 N–H and O–H groups in total. The molecule has 7 heteroatoms. The molecule has 0 spiro atoms. The molecule has 0 radical (unpaired) electrons. The van der Waals surface area contributed by atoms with E-state index in [2.05, 4.69) is 9.98 Å². The third kappa shape index (κ3) is 3.92. The SMILES string of the molecule is CO[C@H]1O[C@@H]2COC(c3ccccc3)O[C@H]2[C@@H](O)[C@@H]1N=Cc1ccccn1. The number of pyridine rings is 1. The van der Waals surface area contributed by atoms with E-state index in [1.54, 1.807) is 12.4 Å². The van der Waals surface area contributed by atoms with Crippen LogP contribution < -0.4 is 0 Å². The number of rotatable bonds is 4. The quantitative estimate of drug-likeness (QED) is 0.825. The zero-order chi connectivity index (χ0) is 18.6. The number of nitrogens with zero attached hydrogens (tertiary/aromatic N) is 2. The van der Waals surface area contributed by atoms with Crippen LogP contribution >= 0.6 is 0 Å². The molecule has 1 aromatic heterocycles. The summed E-state index contributed by atoms with van der Waals surface area (Å²) in [6.45, 7) is 0.303. The number of hydrogen-bond donors (Lipinski definition) is 1. The van der Waals surface area contributed by atoms with Crippen molar-refractivity contribution in [2.75, 3.05) is 13.7 Å². The number of methoxy groups -OCH3 is 1. The van der Waals surface area contributed by atoms with Gasteiger partial charge in [-0.05, 0) is 12.1 Å². The minimum absolute atomic E-state index is 0.303. The van der Waals surface area contributed by atoms with E-state index < -0.39 is 36.9 Å². The van der Waals surface area contributed by atoms with Crippen LogP contribution in [0.15, 0.2) is 59.7 Å². The Bertz CT molecular complexity index is 757. The first-order valence-corrected chi connectivity index (χ1v) is 8.89. The molecule has 6 atom stereocenters. The van der Waals surface area contributed by atoms with Crippen LogP contribution in [-0.4, -0.2) is 60.7 Å².